The number of halogens is 1. The van der Waals surface area contributed by atoms with Crippen molar-refractivity contribution in [3.63, 3.8) is 0 Å². The Bertz CT molecular complexity index is 701. The lowest BCUT2D eigenvalue weighted by Crippen LogP contribution is -2.09. The lowest BCUT2D eigenvalue weighted by Gasteiger charge is -2.01. The maximum atomic E-state index is 4.42. The number of aromatic nitrogens is 5. The molecule has 7 heteroatoms. The molecule has 98 valence electrons. The molecule has 0 saturated carbocycles. The molecule has 19 heavy (non-hydrogen) atoms. The van der Waals surface area contributed by atoms with Crippen molar-refractivity contribution in [2.24, 2.45) is 7.05 Å². The van der Waals surface area contributed by atoms with E-state index in [1.807, 2.05) is 36.1 Å². The van der Waals surface area contributed by atoms with Gasteiger partial charge in [-0.25, -0.2) is 9.50 Å². The van der Waals surface area contributed by atoms with Crippen molar-refractivity contribution in [2.75, 3.05) is 11.9 Å². The van der Waals surface area contributed by atoms with Crippen LogP contribution in [0.2, 0.25) is 0 Å². The first-order chi connectivity index (χ1) is 9.24. The third-order valence-electron chi connectivity index (χ3n) is 2.87. The molecule has 3 aromatic rings. The molecule has 0 aliphatic rings. The van der Waals surface area contributed by atoms with E-state index in [9.17, 15) is 0 Å². The van der Waals surface area contributed by atoms with Crippen LogP contribution in [0.25, 0.3) is 5.65 Å². The Balaban J connectivity index is 1.69. The summed E-state index contributed by atoms with van der Waals surface area (Å²) < 4.78 is 4.68. The van der Waals surface area contributed by atoms with Crippen LogP contribution < -0.4 is 5.32 Å². The van der Waals surface area contributed by atoms with Gasteiger partial charge in [0.2, 0.25) is 5.95 Å². The van der Waals surface area contributed by atoms with Crippen LogP contribution in [0.15, 0.2) is 35.2 Å². The van der Waals surface area contributed by atoms with Gasteiger partial charge < -0.3 is 9.88 Å². The number of hydrogen-bond donors (Lipinski definition) is 1. The van der Waals surface area contributed by atoms with Gasteiger partial charge in [-0.15, -0.1) is 5.10 Å². The van der Waals surface area contributed by atoms with Crippen molar-refractivity contribution in [2.45, 2.75) is 6.42 Å². The Morgan fingerprint density at radius 2 is 2.26 bits per heavy atom. The van der Waals surface area contributed by atoms with Gasteiger partial charge in [-0.2, -0.15) is 4.98 Å². The van der Waals surface area contributed by atoms with E-state index in [0.29, 0.717) is 5.95 Å². The zero-order valence-corrected chi connectivity index (χ0v) is 12.0. The molecule has 0 bridgehead atoms. The molecule has 0 radical (unpaired) electrons. The van der Waals surface area contributed by atoms with E-state index in [-0.39, 0.29) is 0 Å². The molecule has 0 aliphatic carbocycles. The predicted molar refractivity (Wildman–Crippen MR) is 76.1 cm³/mol. The Morgan fingerprint density at radius 3 is 3.00 bits per heavy atom. The molecule has 0 fully saturated rings. The highest BCUT2D eigenvalue weighted by Crippen LogP contribution is 2.16. The summed E-state index contributed by atoms with van der Waals surface area (Å²) in [6, 6.07) is 3.87. The summed E-state index contributed by atoms with van der Waals surface area (Å²) in [5.41, 5.74) is 0.807. The fourth-order valence-electron chi connectivity index (χ4n) is 1.87. The van der Waals surface area contributed by atoms with E-state index in [4.69, 9.17) is 0 Å². The van der Waals surface area contributed by atoms with Gasteiger partial charge in [0.05, 0.1) is 4.47 Å². The number of hydrogen-bond acceptors (Lipinski definition) is 4. The number of pyridine rings is 1. The Kier molecular flexibility index (Phi) is 3.20. The number of anilines is 1. The summed E-state index contributed by atoms with van der Waals surface area (Å²) in [5.74, 6) is 1.67. The third kappa shape index (κ3) is 2.46. The van der Waals surface area contributed by atoms with Gasteiger partial charge in [0.25, 0.3) is 0 Å². The maximum Gasteiger partial charge on any atom is 0.243 e. The second-order valence-electron chi connectivity index (χ2n) is 4.19. The fourth-order valence-corrected chi connectivity index (χ4v) is 2.29. The number of aryl methyl sites for hydroxylation is 1. The van der Waals surface area contributed by atoms with Crippen molar-refractivity contribution in [3.8, 4) is 0 Å². The third-order valence-corrected chi connectivity index (χ3v) is 3.49. The first-order valence-corrected chi connectivity index (χ1v) is 6.74. The molecule has 3 rings (SSSR count). The molecule has 1 N–H and O–H groups in total. The second kappa shape index (κ2) is 5.00. The fraction of sp³-hybridized carbons (Fsp3) is 0.250. The summed E-state index contributed by atoms with van der Waals surface area (Å²) in [6.45, 7) is 0.749. The van der Waals surface area contributed by atoms with Crippen molar-refractivity contribution in [3.05, 3.63) is 41.0 Å². The lowest BCUT2D eigenvalue weighted by atomic mass is 10.4. The highest BCUT2D eigenvalue weighted by Gasteiger charge is 2.06. The monoisotopic (exact) mass is 320 g/mol. The number of rotatable bonds is 4. The topological polar surface area (TPSA) is 60.0 Å². The van der Waals surface area contributed by atoms with Crippen LogP contribution in [0.1, 0.15) is 5.82 Å². The summed E-state index contributed by atoms with van der Waals surface area (Å²) in [6.07, 6.45) is 6.45. The first-order valence-electron chi connectivity index (χ1n) is 5.95. The normalized spacial score (nSPS) is 11.1. The number of imidazole rings is 1. The molecule has 0 aliphatic heterocycles. The summed E-state index contributed by atoms with van der Waals surface area (Å²) in [7, 11) is 1.99. The number of nitrogens with one attached hydrogen (secondary N) is 1. The van der Waals surface area contributed by atoms with Crippen molar-refractivity contribution in [1.82, 2.24) is 24.1 Å². The average molecular weight is 321 g/mol. The minimum absolute atomic E-state index is 0.626. The first kappa shape index (κ1) is 12.2. The zero-order valence-electron chi connectivity index (χ0n) is 10.4. The van der Waals surface area contributed by atoms with Crippen molar-refractivity contribution >= 4 is 27.5 Å². The molecular weight excluding hydrogens is 308 g/mol. The smallest absolute Gasteiger partial charge is 0.243 e. The molecule has 0 spiro atoms. The standard InChI is InChI=1S/C12H13BrN6/c1-18-8-6-14-10(18)4-5-15-12-16-11-9(13)3-2-7-19(11)17-12/h2-3,6-8H,4-5H2,1H3,(H,15,17). The molecule has 0 unspecified atom stereocenters. The maximum absolute atomic E-state index is 4.42. The Hall–Kier alpha value is -1.89. The van der Waals surface area contributed by atoms with E-state index < -0.39 is 0 Å². The second-order valence-corrected chi connectivity index (χ2v) is 5.05. The van der Waals surface area contributed by atoms with Gasteiger partial charge in [0, 0.05) is 38.6 Å². The van der Waals surface area contributed by atoms with Crippen molar-refractivity contribution in [1.29, 1.82) is 0 Å². The van der Waals surface area contributed by atoms with Crippen molar-refractivity contribution < 1.29 is 0 Å². The van der Waals surface area contributed by atoms with Gasteiger partial charge in [0.15, 0.2) is 5.65 Å². The van der Waals surface area contributed by atoms with Crippen LogP contribution in [-0.4, -0.2) is 30.7 Å². The molecule has 0 aromatic carbocycles. The Morgan fingerprint density at radius 1 is 1.37 bits per heavy atom. The minimum Gasteiger partial charge on any atom is -0.352 e. The van der Waals surface area contributed by atoms with Gasteiger partial charge in [-0.05, 0) is 28.1 Å². The van der Waals surface area contributed by atoms with Gasteiger partial charge >= 0.3 is 0 Å². The molecular formula is C12H13BrN6. The van der Waals surface area contributed by atoms with Crippen LogP contribution >= 0.6 is 15.9 Å². The SMILES string of the molecule is Cn1ccnc1CCNc1nc2c(Br)cccn2n1. The zero-order chi connectivity index (χ0) is 13.2. The number of fused-ring (bicyclic) bond motifs is 1. The lowest BCUT2D eigenvalue weighted by molar-refractivity contribution is 0.786. The summed E-state index contributed by atoms with van der Waals surface area (Å²) in [4.78, 5) is 8.69. The van der Waals surface area contributed by atoms with Gasteiger partial charge in [-0.3, -0.25) is 0 Å². The predicted octanol–water partition coefficient (Wildman–Crippen LogP) is 1.88. The summed E-state index contributed by atoms with van der Waals surface area (Å²) >= 11 is 3.45. The van der Waals surface area contributed by atoms with Crippen LogP contribution in [-0.2, 0) is 13.5 Å². The van der Waals surface area contributed by atoms with Gasteiger partial charge in [-0.1, -0.05) is 0 Å². The quantitative estimate of drug-likeness (QED) is 0.797. The van der Waals surface area contributed by atoms with Crippen LogP contribution in [0.5, 0.6) is 0 Å². The van der Waals surface area contributed by atoms with E-state index in [2.05, 4.69) is 36.3 Å². The molecule has 0 atom stereocenters. The largest absolute Gasteiger partial charge is 0.352 e. The highest BCUT2D eigenvalue weighted by molar-refractivity contribution is 9.10. The van der Waals surface area contributed by atoms with E-state index >= 15 is 0 Å². The Labute approximate surface area is 118 Å². The molecule has 3 heterocycles. The van der Waals surface area contributed by atoms with E-state index in [1.165, 1.54) is 0 Å². The molecule has 3 aromatic heterocycles. The molecule has 6 nitrogen and oxygen atoms in total. The van der Waals surface area contributed by atoms with E-state index in [0.717, 1.165) is 28.9 Å². The minimum atomic E-state index is 0.626. The average Bonchev–Trinajstić information content (AvgIpc) is 2.97. The molecule has 0 saturated heterocycles. The highest BCUT2D eigenvalue weighted by atomic mass is 79.9. The molecule has 0 amide bonds. The van der Waals surface area contributed by atoms with Crippen LogP contribution in [0, 0.1) is 0 Å². The van der Waals surface area contributed by atoms with Crippen LogP contribution in [0.4, 0.5) is 5.95 Å². The van der Waals surface area contributed by atoms with Gasteiger partial charge in [0.1, 0.15) is 5.82 Å². The number of nitrogens with zero attached hydrogens (tertiary/aromatic N) is 5. The van der Waals surface area contributed by atoms with Crippen LogP contribution in [0.3, 0.4) is 0 Å². The van der Waals surface area contributed by atoms with E-state index in [1.54, 1.807) is 10.7 Å². The summed E-state index contributed by atoms with van der Waals surface area (Å²) in [5, 5.41) is 7.56.